The van der Waals surface area contributed by atoms with Gasteiger partial charge in [-0.3, -0.25) is 0 Å². The molecule has 0 bridgehead atoms. The first-order valence-corrected chi connectivity index (χ1v) is 18.8. The molecule has 0 N–H and O–H groups in total. The molecule has 0 unspecified atom stereocenters. The van der Waals surface area contributed by atoms with Crippen LogP contribution in [0.25, 0.3) is 0 Å². The van der Waals surface area contributed by atoms with Gasteiger partial charge < -0.3 is 9.47 Å². The standard InChI is InChI=1S/2C12H24.2C4H8O.C4H10.2C2H6/c2*1-2-4-6-8-10-12-11-9-7-5-3-1;2*1-3-4-5-2;1-4(2)3;2*1-2/h2*1-12H2;2*3H,1,4H2,2H3;4H,1-3H3;2*1-2H3. The molecule has 2 nitrogen and oxygen atoms in total. The largest absolute Gasteiger partial charge is 0.381 e. The Hall–Kier alpha value is -0.600. The Bertz CT molecular complexity index is 268. The second kappa shape index (κ2) is 59.7. The van der Waals surface area contributed by atoms with Gasteiger partial charge in [0.05, 0.1) is 13.2 Å². The van der Waals surface area contributed by atoms with Crippen LogP contribution in [0.4, 0.5) is 0 Å². The molecule has 0 aromatic rings. The van der Waals surface area contributed by atoms with Gasteiger partial charge in [-0.1, -0.05) is 215 Å². The summed E-state index contributed by atoms with van der Waals surface area (Å²) in [6.07, 6.45) is 39.4. The van der Waals surface area contributed by atoms with Crippen molar-refractivity contribution in [3.63, 3.8) is 0 Å². The number of hydrogen-bond donors (Lipinski definition) is 0. The number of ether oxygens (including phenoxy) is 2. The fourth-order valence-corrected chi connectivity index (χ4v) is 4.48. The average Bonchev–Trinajstić information content (AvgIpc) is 2.98. The zero-order chi connectivity index (χ0) is 32.8. The quantitative estimate of drug-likeness (QED) is 0.300. The summed E-state index contributed by atoms with van der Waals surface area (Å²) in [7, 11) is 3.28. The summed E-state index contributed by atoms with van der Waals surface area (Å²) in [4.78, 5) is 0. The third-order valence-electron chi connectivity index (χ3n) is 6.57. The highest BCUT2D eigenvalue weighted by atomic mass is 16.5. The van der Waals surface area contributed by atoms with Crippen molar-refractivity contribution in [1.82, 2.24) is 0 Å². The first-order chi connectivity index (χ1) is 20.6. The van der Waals surface area contributed by atoms with E-state index >= 15 is 0 Å². The van der Waals surface area contributed by atoms with E-state index in [2.05, 4.69) is 43.4 Å². The van der Waals surface area contributed by atoms with Crippen LogP contribution >= 0.6 is 0 Å². The Balaban J connectivity index is -0.000000141. The molecule has 2 rings (SSSR count). The van der Waals surface area contributed by atoms with Gasteiger partial charge in [-0.15, -0.1) is 13.2 Å². The van der Waals surface area contributed by atoms with Gasteiger partial charge in [-0.2, -0.15) is 0 Å². The van der Waals surface area contributed by atoms with E-state index in [-0.39, 0.29) is 0 Å². The van der Waals surface area contributed by atoms with Crippen molar-refractivity contribution in [3.05, 3.63) is 25.3 Å². The molecule has 2 saturated carbocycles. The normalized spacial score (nSPS) is 16.6. The molecule has 0 radical (unpaired) electrons. The number of hydrogen-bond acceptors (Lipinski definition) is 2. The number of rotatable bonds is 4. The van der Waals surface area contributed by atoms with Crippen molar-refractivity contribution in [2.24, 2.45) is 5.92 Å². The minimum atomic E-state index is 0.653. The van der Waals surface area contributed by atoms with Gasteiger partial charge in [-0.25, -0.2) is 0 Å². The number of methoxy groups -OCH3 is 2. The summed E-state index contributed by atoms with van der Waals surface area (Å²) in [6, 6.07) is 0. The highest BCUT2D eigenvalue weighted by molar-refractivity contribution is 4.62. The molecule has 2 aliphatic rings. The summed E-state index contributed by atoms with van der Waals surface area (Å²) in [5, 5.41) is 0. The van der Waals surface area contributed by atoms with Gasteiger partial charge >= 0.3 is 0 Å². The van der Waals surface area contributed by atoms with Gasteiger partial charge in [-0.05, 0) is 5.92 Å². The molecule has 0 saturated heterocycles. The molecular weight excluding hydrogens is 512 g/mol. The molecule has 0 aliphatic heterocycles. The minimum absolute atomic E-state index is 0.653. The maximum absolute atomic E-state index is 4.57. The molecule has 258 valence electrons. The Labute approximate surface area is 270 Å². The van der Waals surface area contributed by atoms with E-state index in [0.29, 0.717) is 13.2 Å². The van der Waals surface area contributed by atoms with E-state index in [4.69, 9.17) is 0 Å². The van der Waals surface area contributed by atoms with Crippen LogP contribution in [0.2, 0.25) is 0 Å². The lowest BCUT2D eigenvalue weighted by Gasteiger charge is -2.05. The maximum Gasteiger partial charge on any atom is 0.0641 e. The van der Waals surface area contributed by atoms with Crippen molar-refractivity contribution < 1.29 is 9.47 Å². The fraction of sp³-hybridized carbons (Fsp3) is 0.900. The molecule has 2 heteroatoms. The summed E-state index contributed by atoms with van der Waals surface area (Å²) in [5.74, 6) is 0.833. The molecule has 0 spiro atoms. The van der Waals surface area contributed by atoms with Crippen molar-refractivity contribution in [2.75, 3.05) is 27.4 Å². The van der Waals surface area contributed by atoms with Crippen molar-refractivity contribution >= 4 is 0 Å². The van der Waals surface area contributed by atoms with Gasteiger partial charge in [0.15, 0.2) is 0 Å². The average molecular weight is 599 g/mol. The van der Waals surface area contributed by atoms with Gasteiger partial charge in [0.2, 0.25) is 0 Å². The first-order valence-electron chi connectivity index (χ1n) is 18.8. The second-order valence-corrected chi connectivity index (χ2v) is 11.7. The minimum Gasteiger partial charge on any atom is -0.381 e. The third-order valence-corrected chi connectivity index (χ3v) is 6.57. The van der Waals surface area contributed by atoms with E-state index < -0.39 is 0 Å². The highest BCUT2D eigenvalue weighted by Gasteiger charge is 1.97. The zero-order valence-electron chi connectivity index (χ0n) is 31.3. The van der Waals surface area contributed by atoms with Crippen molar-refractivity contribution in [1.29, 1.82) is 0 Å². The van der Waals surface area contributed by atoms with Crippen LogP contribution < -0.4 is 0 Å². The molecular formula is C40H86O2. The van der Waals surface area contributed by atoms with Gasteiger partial charge in [0.25, 0.3) is 0 Å². The van der Waals surface area contributed by atoms with Crippen LogP contribution in [0, 0.1) is 5.92 Å². The monoisotopic (exact) mass is 599 g/mol. The third kappa shape index (κ3) is 77.4. The molecule has 2 fully saturated rings. The molecule has 0 amide bonds. The maximum atomic E-state index is 4.57. The van der Waals surface area contributed by atoms with Gasteiger partial charge in [0, 0.05) is 14.2 Å². The summed E-state index contributed by atoms with van der Waals surface area (Å²) in [6.45, 7) is 22.7. The van der Waals surface area contributed by atoms with Crippen LogP contribution in [0.15, 0.2) is 25.3 Å². The van der Waals surface area contributed by atoms with Crippen LogP contribution in [-0.4, -0.2) is 27.4 Å². The Kier molecular flexibility index (Phi) is 72.5. The highest BCUT2D eigenvalue weighted by Crippen LogP contribution is 2.17. The van der Waals surface area contributed by atoms with Crippen LogP contribution in [0.3, 0.4) is 0 Å². The lowest BCUT2D eigenvalue weighted by molar-refractivity contribution is 0.234. The van der Waals surface area contributed by atoms with Crippen LogP contribution in [0.5, 0.6) is 0 Å². The van der Waals surface area contributed by atoms with Crippen molar-refractivity contribution in [2.45, 2.75) is 203 Å². The van der Waals surface area contributed by atoms with Crippen LogP contribution in [0.1, 0.15) is 203 Å². The fourth-order valence-electron chi connectivity index (χ4n) is 4.48. The molecule has 0 atom stereocenters. The summed E-state index contributed by atoms with van der Waals surface area (Å²) in [5.41, 5.74) is 0. The van der Waals surface area contributed by atoms with Crippen molar-refractivity contribution in [3.8, 4) is 0 Å². The summed E-state index contributed by atoms with van der Waals surface area (Å²) >= 11 is 0. The molecule has 0 aromatic carbocycles. The predicted molar refractivity (Wildman–Crippen MR) is 198 cm³/mol. The molecule has 2 aliphatic carbocycles. The lowest BCUT2D eigenvalue weighted by atomic mass is 10.0. The SMILES string of the molecule is C1CCCCCCCCCCC1.C1CCCCCCCCCCC1.C=CCOC.C=CCOC.CC.CC.CC(C)C. The summed E-state index contributed by atoms with van der Waals surface area (Å²) < 4.78 is 9.15. The van der Waals surface area contributed by atoms with Gasteiger partial charge in [0.1, 0.15) is 0 Å². The molecule has 0 aromatic heterocycles. The topological polar surface area (TPSA) is 18.5 Å². The van der Waals surface area contributed by atoms with E-state index in [1.807, 2.05) is 27.7 Å². The van der Waals surface area contributed by atoms with E-state index in [1.165, 1.54) is 154 Å². The predicted octanol–water partition coefficient (Wildman–Crippen LogP) is 14.7. The zero-order valence-corrected chi connectivity index (χ0v) is 31.3. The lowest BCUT2D eigenvalue weighted by Crippen LogP contribution is -1.85. The second-order valence-electron chi connectivity index (χ2n) is 11.7. The van der Waals surface area contributed by atoms with E-state index in [9.17, 15) is 0 Å². The smallest absolute Gasteiger partial charge is 0.0641 e. The Morgan fingerprint density at radius 1 is 0.381 bits per heavy atom. The first kappa shape index (κ1) is 51.0. The molecule has 42 heavy (non-hydrogen) atoms. The van der Waals surface area contributed by atoms with E-state index in [0.717, 1.165) is 5.92 Å². The molecule has 0 heterocycles. The van der Waals surface area contributed by atoms with Crippen LogP contribution in [-0.2, 0) is 9.47 Å². The van der Waals surface area contributed by atoms with E-state index in [1.54, 1.807) is 26.4 Å². The Morgan fingerprint density at radius 2 is 0.476 bits per heavy atom. The Morgan fingerprint density at radius 3 is 0.500 bits per heavy atom.